The predicted octanol–water partition coefficient (Wildman–Crippen LogP) is 4.99. The van der Waals surface area contributed by atoms with Gasteiger partial charge in [0.05, 0.1) is 11.2 Å². The van der Waals surface area contributed by atoms with Crippen molar-refractivity contribution in [2.24, 2.45) is 5.41 Å². The van der Waals surface area contributed by atoms with Gasteiger partial charge in [-0.05, 0) is 31.1 Å². The van der Waals surface area contributed by atoms with Crippen molar-refractivity contribution in [3.05, 3.63) is 16.1 Å². The van der Waals surface area contributed by atoms with Crippen LogP contribution in [0.15, 0.2) is 5.38 Å². The second kappa shape index (κ2) is 5.06. The van der Waals surface area contributed by atoms with Crippen molar-refractivity contribution in [3.63, 3.8) is 0 Å². The smallest absolute Gasteiger partial charge is 0.114 e. The van der Waals surface area contributed by atoms with Gasteiger partial charge in [0.1, 0.15) is 5.01 Å². The molecule has 3 rings (SSSR count). The number of aromatic nitrogens is 1. The lowest BCUT2D eigenvalue weighted by atomic mass is 9.63. The van der Waals surface area contributed by atoms with Gasteiger partial charge in [0.2, 0.25) is 0 Å². The van der Waals surface area contributed by atoms with E-state index in [0.29, 0.717) is 5.41 Å². The fourth-order valence-electron chi connectivity index (χ4n) is 3.62. The van der Waals surface area contributed by atoms with E-state index in [1.807, 2.05) is 11.3 Å². The number of hydrogen-bond donors (Lipinski definition) is 1. The van der Waals surface area contributed by atoms with Crippen LogP contribution in [-0.2, 0) is 11.0 Å². The van der Waals surface area contributed by atoms with Crippen LogP contribution in [0.25, 0.3) is 0 Å². The fourth-order valence-corrected chi connectivity index (χ4v) is 5.04. The van der Waals surface area contributed by atoms with Crippen molar-refractivity contribution in [2.75, 3.05) is 0 Å². The van der Waals surface area contributed by atoms with Crippen molar-refractivity contribution in [1.29, 1.82) is 0 Å². The molecule has 3 heteroatoms. The highest BCUT2D eigenvalue weighted by molar-refractivity contribution is 7.09. The van der Waals surface area contributed by atoms with Crippen molar-refractivity contribution in [2.45, 2.75) is 90.1 Å². The highest BCUT2D eigenvalue weighted by atomic mass is 32.1. The first kappa shape index (κ1) is 15.5. The number of nitrogens with zero attached hydrogens (tertiary/aromatic N) is 1. The second-order valence-corrected chi connectivity index (χ2v) is 9.56. The third kappa shape index (κ3) is 2.79. The van der Waals surface area contributed by atoms with Crippen LogP contribution in [0.2, 0.25) is 0 Å². The Morgan fingerprint density at radius 3 is 2.38 bits per heavy atom. The van der Waals surface area contributed by atoms with Crippen LogP contribution in [0, 0.1) is 5.41 Å². The lowest BCUT2D eigenvalue weighted by Gasteiger charge is -2.50. The zero-order chi connectivity index (χ0) is 15.3. The van der Waals surface area contributed by atoms with Gasteiger partial charge in [0, 0.05) is 16.8 Å². The van der Waals surface area contributed by atoms with Crippen molar-refractivity contribution < 1.29 is 0 Å². The van der Waals surface area contributed by atoms with Gasteiger partial charge >= 0.3 is 0 Å². The summed E-state index contributed by atoms with van der Waals surface area (Å²) in [4.78, 5) is 5.11. The monoisotopic (exact) mass is 306 g/mol. The van der Waals surface area contributed by atoms with Gasteiger partial charge in [-0.25, -0.2) is 4.98 Å². The van der Waals surface area contributed by atoms with E-state index in [1.54, 1.807) is 0 Å². The molecule has 1 unspecified atom stereocenters. The van der Waals surface area contributed by atoms with E-state index in [2.05, 4.69) is 45.3 Å². The van der Waals surface area contributed by atoms with E-state index in [4.69, 9.17) is 4.98 Å². The molecule has 2 fully saturated rings. The summed E-state index contributed by atoms with van der Waals surface area (Å²) in [5.41, 5.74) is 1.79. The summed E-state index contributed by atoms with van der Waals surface area (Å²) in [5, 5.41) is 7.65. The molecule has 1 N–H and O–H groups in total. The molecule has 0 saturated heterocycles. The van der Waals surface area contributed by atoms with Gasteiger partial charge in [0.15, 0.2) is 0 Å². The standard InChI is InChI=1S/C18H30N2S/c1-16(2,3)14-12-21-15(19-14)18(20-13-8-9-13)11-7-6-10-17(18,4)5/h12-13,20H,6-11H2,1-5H3. The molecule has 2 nitrogen and oxygen atoms in total. The number of nitrogens with one attached hydrogen (secondary N) is 1. The largest absolute Gasteiger partial charge is 0.302 e. The van der Waals surface area contributed by atoms with Crippen LogP contribution < -0.4 is 5.32 Å². The van der Waals surface area contributed by atoms with E-state index >= 15 is 0 Å². The van der Waals surface area contributed by atoms with Crippen LogP contribution in [0.1, 0.15) is 83.8 Å². The van der Waals surface area contributed by atoms with Gasteiger partial charge in [-0.15, -0.1) is 11.3 Å². The summed E-state index contributed by atoms with van der Waals surface area (Å²) in [5.74, 6) is 0. The first-order chi connectivity index (χ1) is 9.75. The number of hydrogen-bond acceptors (Lipinski definition) is 3. The molecule has 2 aliphatic carbocycles. The zero-order valence-electron chi connectivity index (χ0n) is 14.3. The molecule has 0 amide bonds. The first-order valence-electron chi connectivity index (χ1n) is 8.49. The Kier molecular flexibility index (Phi) is 3.73. The van der Waals surface area contributed by atoms with Crippen LogP contribution >= 0.6 is 11.3 Å². The summed E-state index contributed by atoms with van der Waals surface area (Å²) >= 11 is 1.88. The summed E-state index contributed by atoms with van der Waals surface area (Å²) in [6, 6.07) is 0.726. The molecule has 1 aromatic rings. The van der Waals surface area contributed by atoms with Crippen molar-refractivity contribution in [1.82, 2.24) is 10.3 Å². The molecular weight excluding hydrogens is 276 g/mol. The molecule has 1 atom stereocenters. The number of rotatable bonds is 3. The molecule has 0 aromatic carbocycles. The first-order valence-corrected chi connectivity index (χ1v) is 9.37. The molecule has 0 bridgehead atoms. The lowest BCUT2D eigenvalue weighted by Crippen LogP contribution is -2.55. The Hall–Kier alpha value is -0.410. The third-order valence-electron chi connectivity index (χ3n) is 5.42. The van der Waals surface area contributed by atoms with Gasteiger partial charge in [-0.3, -0.25) is 0 Å². The lowest BCUT2D eigenvalue weighted by molar-refractivity contribution is 0.0568. The zero-order valence-corrected chi connectivity index (χ0v) is 15.1. The third-order valence-corrected chi connectivity index (χ3v) is 6.43. The van der Waals surface area contributed by atoms with Gasteiger partial charge in [0.25, 0.3) is 0 Å². The Bertz CT molecular complexity index is 508. The maximum atomic E-state index is 5.11. The average molecular weight is 307 g/mol. The molecular formula is C18H30N2S. The maximum absolute atomic E-state index is 5.11. The van der Waals surface area contributed by atoms with Crippen LogP contribution in [0.4, 0.5) is 0 Å². The van der Waals surface area contributed by atoms with E-state index in [0.717, 1.165) is 6.04 Å². The molecule has 118 valence electrons. The van der Waals surface area contributed by atoms with E-state index in [9.17, 15) is 0 Å². The van der Waals surface area contributed by atoms with Crippen molar-refractivity contribution in [3.8, 4) is 0 Å². The summed E-state index contributed by atoms with van der Waals surface area (Å²) < 4.78 is 0. The minimum absolute atomic E-state index is 0.0978. The van der Waals surface area contributed by atoms with E-state index < -0.39 is 0 Å². The summed E-state index contributed by atoms with van der Waals surface area (Å²) in [6.07, 6.45) is 7.92. The number of thiazole rings is 1. The predicted molar refractivity (Wildman–Crippen MR) is 90.9 cm³/mol. The van der Waals surface area contributed by atoms with Gasteiger partial charge in [-0.1, -0.05) is 47.5 Å². The summed E-state index contributed by atoms with van der Waals surface area (Å²) in [7, 11) is 0. The normalized spacial score (nSPS) is 29.6. The fraction of sp³-hybridized carbons (Fsp3) is 0.833. The van der Waals surface area contributed by atoms with Gasteiger partial charge in [-0.2, -0.15) is 0 Å². The highest BCUT2D eigenvalue weighted by Gasteiger charge is 2.51. The quantitative estimate of drug-likeness (QED) is 0.851. The van der Waals surface area contributed by atoms with Crippen LogP contribution in [0.5, 0.6) is 0 Å². The molecule has 0 aliphatic heterocycles. The Morgan fingerprint density at radius 1 is 1.19 bits per heavy atom. The molecule has 21 heavy (non-hydrogen) atoms. The second-order valence-electron chi connectivity index (χ2n) is 8.70. The molecule has 1 heterocycles. The van der Waals surface area contributed by atoms with Gasteiger partial charge < -0.3 is 5.32 Å². The van der Waals surface area contributed by atoms with E-state index in [1.165, 1.54) is 49.2 Å². The Balaban J connectivity index is 2.00. The Labute approximate surface area is 133 Å². The molecule has 2 saturated carbocycles. The van der Waals surface area contributed by atoms with Crippen molar-refractivity contribution >= 4 is 11.3 Å². The minimum Gasteiger partial charge on any atom is -0.302 e. The Morgan fingerprint density at radius 2 is 1.86 bits per heavy atom. The topological polar surface area (TPSA) is 24.9 Å². The SMILES string of the molecule is CC(C)(C)c1csc(C2(NC3CC3)CCCCC2(C)C)n1. The minimum atomic E-state index is 0.0978. The molecule has 0 radical (unpaired) electrons. The van der Waals surface area contributed by atoms with Crippen LogP contribution in [0.3, 0.4) is 0 Å². The van der Waals surface area contributed by atoms with Crippen LogP contribution in [-0.4, -0.2) is 11.0 Å². The highest BCUT2D eigenvalue weighted by Crippen LogP contribution is 2.52. The molecule has 2 aliphatic rings. The maximum Gasteiger partial charge on any atom is 0.114 e. The van der Waals surface area contributed by atoms with E-state index in [-0.39, 0.29) is 11.0 Å². The molecule has 1 aromatic heterocycles. The summed E-state index contributed by atoms with van der Waals surface area (Å²) in [6.45, 7) is 11.7. The molecule has 0 spiro atoms. The average Bonchev–Trinajstić information content (AvgIpc) is 3.03.